The Kier molecular flexibility index (Phi) is 8.20. The van der Waals surface area contributed by atoms with Crippen LogP contribution in [0.3, 0.4) is 0 Å². The van der Waals surface area contributed by atoms with Crippen molar-refractivity contribution >= 4 is 52.9 Å². The van der Waals surface area contributed by atoms with Gasteiger partial charge in [0.2, 0.25) is 0 Å². The van der Waals surface area contributed by atoms with Gasteiger partial charge in [-0.3, -0.25) is 4.79 Å². The van der Waals surface area contributed by atoms with Gasteiger partial charge >= 0.3 is 17.9 Å². The molecule has 2 aromatic rings. The number of carboxylic acid groups (broad SMARTS) is 2. The summed E-state index contributed by atoms with van der Waals surface area (Å²) in [6.45, 7) is 1.46. The molecule has 1 aliphatic rings. The molecule has 0 saturated carbocycles. The van der Waals surface area contributed by atoms with E-state index >= 15 is 0 Å². The predicted octanol–water partition coefficient (Wildman–Crippen LogP) is 5.23. The molecule has 0 bridgehead atoms. The van der Waals surface area contributed by atoms with E-state index in [9.17, 15) is 24.6 Å². The highest BCUT2D eigenvalue weighted by Crippen LogP contribution is 2.52. The molecule has 0 radical (unpaired) electrons. The molecule has 7 nitrogen and oxygen atoms in total. The lowest BCUT2D eigenvalue weighted by Gasteiger charge is -2.43. The van der Waals surface area contributed by atoms with Gasteiger partial charge in [-0.15, -0.1) is 11.8 Å². The zero-order valence-electron chi connectivity index (χ0n) is 19.2. The molecule has 1 heterocycles. The molecule has 35 heavy (non-hydrogen) atoms. The Morgan fingerprint density at radius 2 is 1.49 bits per heavy atom. The molecule has 184 valence electrons. The number of aliphatic carboxylic acids is 2. The van der Waals surface area contributed by atoms with Gasteiger partial charge in [0.1, 0.15) is 0 Å². The molecule has 0 saturated heterocycles. The molecule has 0 fully saturated rings. The smallest absolute Gasteiger partial charge is 0.334 e. The first-order valence-electron chi connectivity index (χ1n) is 10.4. The van der Waals surface area contributed by atoms with Gasteiger partial charge in [0.25, 0.3) is 0 Å². The minimum Gasteiger partial charge on any atom is -0.478 e. The monoisotopic (exact) mass is 535 g/mol. The summed E-state index contributed by atoms with van der Waals surface area (Å²) < 4.78 is 4.81. The van der Waals surface area contributed by atoms with Gasteiger partial charge in [0.15, 0.2) is 0 Å². The van der Waals surface area contributed by atoms with Crippen LogP contribution in [0.2, 0.25) is 10.0 Å². The zero-order valence-corrected chi connectivity index (χ0v) is 21.5. The molecule has 1 unspecified atom stereocenters. The summed E-state index contributed by atoms with van der Waals surface area (Å²) in [4.78, 5) is 40.2. The number of methoxy groups -OCH3 is 1. The lowest BCUT2D eigenvalue weighted by molar-refractivity contribution is -0.140. The highest BCUT2D eigenvalue weighted by molar-refractivity contribution is 7.99. The van der Waals surface area contributed by atoms with Crippen LogP contribution in [0.5, 0.6) is 0 Å². The molecule has 2 N–H and O–H groups in total. The van der Waals surface area contributed by atoms with Gasteiger partial charge in [0, 0.05) is 44.7 Å². The summed E-state index contributed by atoms with van der Waals surface area (Å²) in [5.41, 5.74) is -1.74. The molecule has 0 amide bonds. The summed E-state index contributed by atoms with van der Waals surface area (Å²) in [5.74, 6) is -3.22. The second kappa shape index (κ2) is 10.8. The number of carbonyl (C=O) groups is 3. The second-order valence-corrected chi connectivity index (χ2v) is 9.75. The van der Waals surface area contributed by atoms with Crippen molar-refractivity contribution in [2.75, 3.05) is 19.9 Å². The fourth-order valence-electron chi connectivity index (χ4n) is 4.35. The van der Waals surface area contributed by atoms with E-state index < -0.39 is 29.7 Å². The molecular weight excluding hydrogens is 513 g/mol. The highest BCUT2D eigenvalue weighted by atomic mass is 35.5. The maximum absolute atomic E-state index is 12.8. The normalized spacial score (nSPS) is 18.0. The predicted molar refractivity (Wildman–Crippen MR) is 135 cm³/mol. The van der Waals surface area contributed by atoms with Crippen LogP contribution in [-0.2, 0) is 24.5 Å². The van der Waals surface area contributed by atoms with Crippen molar-refractivity contribution in [1.29, 1.82) is 0 Å². The number of carboxylic acids is 2. The number of halogens is 2. The summed E-state index contributed by atoms with van der Waals surface area (Å²) in [7, 11) is 2.74. The molecule has 0 aliphatic carbocycles. The van der Waals surface area contributed by atoms with Crippen molar-refractivity contribution in [3.63, 3.8) is 0 Å². The average molecular weight is 536 g/mol. The van der Waals surface area contributed by atoms with Crippen LogP contribution in [0.15, 0.2) is 76.0 Å². The first-order chi connectivity index (χ1) is 16.5. The van der Waals surface area contributed by atoms with Crippen LogP contribution < -0.4 is 0 Å². The summed E-state index contributed by atoms with van der Waals surface area (Å²) >= 11 is 14.4. The molecule has 2 aromatic carbocycles. The van der Waals surface area contributed by atoms with Gasteiger partial charge in [-0.2, -0.15) is 0 Å². The van der Waals surface area contributed by atoms with Crippen molar-refractivity contribution < 1.29 is 29.3 Å². The number of thioether (sulfide) groups is 1. The maximum Gasteiger partial charge on any atom is 0.334 e. The minimum atomic E-state index is -1.78. The summed E-state index contributed by atoms with van der Waals surface area (Å²) in [6, 6.07) is 14.0. The number of ether oxygens (including phenoxy) is 1. The molecule has 10 heteroatoms. The minimum absolute atomic E-state index is 0.0940. The first-order valence-corrected chi connectivity index (χ1v) is 12.1. The average Bonchev–Trinajstić information content (AvgIpc) is 2.80. The van der Waals surface area contributed by atoms with E-state index in [1.807, 2.05) is 30.3 Å². The Labute approximate surface area is 217 Å². The lowest BCUT2D eigenvalue weighted by Crippen LogP contribution is -2.45. The Morgan fingerprint density at radius 3 is 2.00 bits per heavy atom. The number of carbonyl (C=O) groups excluding carboxylic acids is 1. The van der Waals surface area contributed by atoms with Crippen LogP contribution in [0.1, 0.15) is 18.9 Å². The van der Waals surface area contributed by atoms with E-state index in [0.29, 0.717) is 5.70 Å². The second-order valence-electron chi connectivity index (χ2n) is 7.89. The van der Waals surface area contributed by atoms with Gasteiger partial charge in [-0.1, -0.05) is 47.5 Å². The third-order valence-corrected chi connectivity index (χ3v) is 7.59. The zero-order chi connectivity index (χ0) is 25.9. The lowest BCUT2D eigenvalue weighted by atomic mass is 9.66. The Balaban J connectivity index is 2.37. The standard InChI is InChI=1S/C25H23Cl2NO6S/c1-25(20-15(26)10-7-11-16(20)27)21(23(30)31)17(12-19(29)34-3)28(2)18(22(25)24(32)33)13-35-14-8-5-4-6-9-14/h4-11H,12-13H2,1-3H3,(H,30,31)(H,32,33). The van der Waals surface area contributed by atoms with Gasteiger partial charge < -0.3 is 19.8 Å². The largest absolute Gasteiger partial charge is 0.478 e. The number of nitrogens with zero attached hydrogens (tertiary/aromatic N) is 1. The van der Waals surface area contributed by atoms with E-state index in [4.69, 9.17) is 27.9 Å². The van der Waals surface area contributed by atoms with Crippen LogP contribution in [-0.4, -0.2) is 52.9 Å². The van der Waals surface area contributed by atoms with Crippen LogP contribution >= 0.6 is 35.0 Å². The van der Waals surface area contributed by atoms with E-state index in [1.54, 1.807) is 13.1 Å². The van der Waals surface area contributed by atoms with Crippen molar-refractivity contribution in [3.05, 3.63) is 86.7 Å². The fourth-order valence-corrected chi connectivity index (χ4v) is 6.12. The molecule has 3 rings (SSSR count). The highest BCUT2D eigenvalue weighted by Gasteiger charge is 2.51. The van der Waals surface area contributed by atoms with Gasteiger partial charge in [0.05, 0.1) is 30.1 Å². The van der Waals surface area contributed by atoms with Crippen molar-refractivity contribution in [3.8, 4) is 0 Å². The first kappa shape index (κ1) is 26.7. The number of benzene rings is 2. The third kappa shape index (κ3) is 5.05. The van der Waals surface area contributed by atoms with E-state index in [2.05, 4.69) is 0 Å². The van der Waals surface area contributed by atoms with Gasteiger partial charge in [-0.05, 0) is 31.2 Å². The number of rotatable bonds is 8. The van der Waals surface area contributed by atoms with Crippen LogP contribution in [0.25, 0.3) is 0 Å². The summed E-state index contributed by atoms with van der Waals surface area (Å²) in [5, 5.41) is 21.0. The number of hydrogen-bond acceptors (Lipinski definition) is 6. The summed E-state index contributed by atoms with van der Waals surface area (Å²) in [6.07, 6.45) is -0.390. The molecule has 1 aliphatic heterocycles. The Bertz CT molecular complexity index is 1220. The third-order valence-electron chi connectivity index (χ3n) is 5.94. The van der Waals surface area contributed by atoms with E-state index in [-0.39, 0.29) is 38.2 Å². The Hall–Kier alpha value is -2.94. The topological polar surface area (TPSA) is 104 Å². The maximum atomic E-state index is 12.8. The molecule has 0 aromatic heterocycles. The van der Waals surface area contributed by atoms with E-state index in [0.717, 1.165) is 4.90 Å². The number of esters is 1. The Morgan fingerprint density at radius 1 is 0.943 bits per heavy atom. The van der Waals surface area contributed by atoms with Crippen molar-refractivity contribution in [1.82, 2.24) is 4.90 Å². The van der Waals surface area contributed by atoms with Crippen molar-refractivity contribution in [2.45, 2.75) is 23.7 Å². The molecule has 0 spiro atoms. The van der Waals surface area contributed by atoms with Crippen molar-refractivity contribution in [2.24, 2.45) is 0 Å². The quantitative estimate of drug-likeness (QED) is 0.349. The molecular formula is C25H23Cl2NO6S. The molecule has 1 atom stereocenters. The van der Waals surface area contributed by atoms with Crippen LogP contribution in [0.4, 0.5) is 0 Å². The SMILES string of the molecule is COC(=O)CC1=C(C(=O)O)C(C)(c2c(Cl)cccc2Cl)C(C(=O)O)=C(CSc2ccccc2)N1C. The van der Waals surface area contributed by atoms with E-state index in [1.165, 1.54) is 42.8 Å². The fraction of sp³-hybridized carbons (Fsp3) is 0.240. The number of hydrogen-bond donors (Lipinski definition) is 2. The van der Waals surface area contributed by atoms with Crippen LogP contribution in [0, 0.1) is 0 Å². The van der Waals surface area contributed by atoms with Gasteiger partial charge in [-0.25, -0.2) is 9.59 Å².